The molecule has 4 aromatic carbocycles. The maximum absolute atomic E-state index is 14.5. The predicted molar refractivity (Wildman–Crippen MR) is 179 cm³/mol. The van der Waals surface area contributed by atoms with Gasteiger partial charge in [0.25, 0.3) is 10.0 Å². The van der Waals surface area contributed by atoms with Gasteiger partial charge in [0.15, 0.2) is 0 Å². The third-order valence-electron chi connectivity index (χ3n) is 7.10. The molecule has 0 unspecified atom stereocenters. The number of rotatable bonds is 13. The van der Waals surface area contributed by atoms with Crippen molar-refractivity contribution in [3.8, 4) is 0 Å². The molecule has 0 aliphatic heterocycles. The Bertz CT molecular complexity index is 1690. The van der Waals surface area contributed by atoms with Crippen LogP contribution in [0.3, 0.4) is 0 Å². The number of aryl methyl sites for hydroxylation is 1. The van der Waals surface area contributed by atoms with E-state index >= 15 is 0 Å². The third kappa shape index (κ3) is 8.49. The van der Waals surface area contributed by atoms with E-state index in [0.29, 0.717) is 22.8 Å². The van der Waals surface area contributed by atoms with Crippen LogP contribution in [0.4, 0.5) is 5.69 Å². The summed E-state index contributed by atoms with van der Waals surface area (Å²) in [7, 11) is -4.18. The lowest BCUT2D eigenvalue weighted by molar-refractivity contribution is -0.140. The molecule has 0 aliphatic carbocycles. The quantitative estimate of drug-likeness (QED) is 0.167. The van der Waals surface area contributed by atoms with E-state index in [1.807, 2.05) is 61.5 Å². The van der Waals surface area contributed by atoms with E-state index in [1.165, 1.54) is 17.0 Å². The fraction of sp³-hybridized carbons (Fsp3) is 0.235. The van der Waals surface area contributed by atoms with E-state index in [1.54, 1.807) is 43.3 Å². The van der Waals surface area contributed by atoms with Gasteiger partial charge in [-0.3, -0.25) is 13.9 Å². The van der Waals surface area contributed by atoms with E-state index in [2.05, 4.69) is 21.2 Å². The Hall–Kier alpha value is -3.66. The molecule has 1 atom stereocenters. The highest BCUT2D eigenvalue weighted by atomic mass is 79.9. The topological polar surface area (TPSA) is 86.8 Å². The van der Waals surface area contributed by atoms with Gasteiger partial charge in [-0.2, -0.15) is 0 Å². The van der Waals surface area contributed by atoms with Crippen LogP contribution >= 0.6 is 27.5 Å². The van der Waals surface area contributed by atoms with Gasteiger partial charge in [0.05, 0.1) is 10.6 Å². The third-order valence-corrected chi connectivity index (χ3v) is 9.60. The second-order valence-electron chi connectivity index (χ2n) is 10.4. The minimum atomic E-state index is -4.18. The van der Waals surface area contributed by atoms with Crippen molar-refractivity contribution < 1.29 is 18.0 Å². The summed E-state index contributed by atoms with van der Waals surface area (Å²) in [6.07, 6.45) is 0.976. The van der Waals surface area contributed by atoms with Gasteiger partial charge < -0.3 is 10.2 Å². The zero-order valence-electron chi connectivity index (χ0n) is 24.6. The molecule has 230 valence electrons. The van der Waals surface area contributed by atoms with Crippen LogP contribution < -0.4 is 9.62 Å². The van der Waals surface area contributed by atoms with Crippen LogP contribution in [0.1, 0.15) is 30.0 Å². The monoisotopic (exact) mass is 695 g/mol. The van der Waals surface area contributed by atoms with E-state index < -0.39 is 28.5 Å². The fourth-order valence-corrected chi connectivity index (χ4v) is 7.06. The lowest BCUT2D eigenvalue weighted by atomic mass is 10.0. The first-order valence-electron chi connectivity index (χ1n) is 14.3. The molecular weight excluding hydrogens is 662 g/mol. The van der Waals surface area contributed by atoms with Crippen LogP contribution in [-0.2, 0) is 32.6 Å². The van der Waals surface area contributed by atoms with Gasteiger partial charge in [0, 0.05) is 29.0 Å². The number of carbonyl (C=O) groups excluding carboxylic acids is 2. The molecule has 7 nitrogen and oxygen atoms in total. The molecule has 0 saturated heterocycles. The standard InChI is InChI=1S/C34H35BrClN3O4S/c1-3-19-37-34(41)32(22-26-11-6-4-7-12-26)38(23-27-13-10-14-28(35)21-27)33(40)24-39(31-18-17-29(36)20-25(31)2)44(42,43)30-15-8-5-9-16-30/h4-18,20-21,32H,3,19,22-24H2,1-2H3,(H,37,41)/t32-/m1/s1. The molecule has 1 N–H and O–H groups in total. The molecule has 2 amide bonds. The van der Waals surface area contributed by atoms with Crippen molar-refractivity contribution in [3.05, 3.63) is 129 Å². The highest BCUT2D eigenvalue weighted by Gasteiger charge is 2.35. The molecule has 0 bridgehead atoms. The second kappa shape index (κ2) is 15.4. The van der Waals surface area contributed by atoms with Gasteiger partial charge in [-0.05, 0) is 72.5 Å². The molecule has 10 heteroatoms. The molecule has 0 fully saturated rings. The molecule has 0 heterocycles. The molecule has 0 saturated carbocycles. The first kappa shape index (κ1) is 33.2. The van der Waals surface area contributed by atoms with Crippen molar-refractivity contribution in [1.82, 2.24) is 10.2 Å². The molecular formula is C34H35BrClN3O4S. The number of hydrogen-bond acceptors (Lipinski definition) is 4. The molecule has 4 aromatic rings. The summed E-state index contributed by atoms with van der Waals surface area (Å²) >= 11 is 9.71. The summed E-state index contributed by atoms with van der Waals surface area (Å²) < 4.78 is 30.1. The zero-order chi connectivity index (χ0) is 31.7. The normalized spacial score (nSPS) is 11.9. The summed E-state index contributed by atoms with van der Waals surface area (Å²) in [4.78, 5) is 29.7. The average Bonchev–Trinajstić information content (AvgIpc) is 3.01. The van der Waals surface area contributed by atoms with Gasteiger partial charge in [0.1, 0.15) is 12.6 Å². The number of anilines is 1. The van der Waals surface area contributed by atoms with E-state index in [0.717, 1.165) is 26.3 Å². The summed E-state index contributed by atoms with van der Waals surface area (Å²) in [6.45, 7) is 3.71. The largest absolute Gasteiger partial charge is 0.354 e. The van der Waals surface area contributed by atoms with Crippen molar-refractivity contribution >= 4 is 55.1 Å². The van der Waals surface area contributed by atoms with Crippen LogP contribution in [0.25, 0.3) is 0 Å². The summed E-state index contributed by atoms with van der Waals surface area (Å²) in [6, 6.07) is 28.9. The van der Waals surface area contributed by atoms with Crippen LogP contribution in [-0.4, -0.2) is 44.3 Å². The molecule has 0 spiro atoms. The van der Waals surface area contributed by atoms with Crippen molar-refractivity contribution in [2.45, 2.75) is 44.2 Å². The first-order valence-corrected chi connectivity index (χ1v) is 16.9. The summed E-state index contributed by atoms with van der Waals surface area (Å²) in [5, 5.41) is 3.40. The number of hydrogen-bond donors (Lipinski definition) is 1. The number of nitrogens with one attached hydrogen (secondary N) is 1. The van der Waals surface area contributed by atoms with Crippen LogP contribution in [0, 0.1) is 6.92 Å². The maximum atomic E-state index is 14.5. The fourth-order valence-electron chi connectivity index (χ4n) is 4.88. The molecule has 44 heavy (non-hydrogen) atoms. The Kier molecular flexibility index (Phi) is 11.6. The first-order chi connectivity index (χ1) is 21.1. The van der Waals surface area contributed by atoms with E-state index in [-0.39, 0.29) is 23.8 Å². The smallest absolute Gasteiger partial charge is 0.264 e. The highest BCUT2D eigenvalue weighted by molar-refractivity contribution is 9.10. The van der Waals surface area contributed by atoms with E-state index in [9.17, 15) is 18.0 Å². The van der Waals surface area contributed by atoms with Gasteiger partial charge >= 0.3 is 0 Å². The minimum absolute atomic E-state index is 0.0437. The Balaban J connectivity index is 1.81. The van der Waals surface area contributed by atoms with Crippen molar-refractivity contribution in [2.75, 3.05) is 17.4 Å². The number of nitrogens with zero attached hydrogens (tertiary/aromatic N) is 2. The number of benzene rings is 4. The maximum Gasteiger partial charge on any atom is 0.264 e. The van der Waals surface area contributed by atoms with Crippen LogP contribution in [0.5, 0.6) is 0 Å². The van der Waals surface area contributed by atoms with Crippen molar-refractivity contribution in [1.29, 1.82) is 0 Å². The highest BCUT2D eigenvalue weighted by Crippen LogP contribution is 2.29. The Labute approximate surface area is 273 Å². The van der Waals surface area contributed by atoms with Gasteiger partial charge in [-0.15, -0.1) is 0 Å². The van der Waals surface area contributed by atoms with Crippen LogP contribution in [0.15, 0.2) is 112 Å². The number of carbonyl (C=O) groups is 2. The zero-order valence-corrected chi connectivity index (χ0v) is 27.8. The van der Waals surface area contributed by atoms with Crippen molar-refractivity contribution in [2.24, 2.45) is 0 Å². The Morgan fingerprint density at radius 2 is 1.55 bits per heavy atom. The number of amides is 2. The van der Waals surface area contributed by atoms with Gasteiger partial charge in [0.2, 0.25) is 11.8 Å². The molecule has 0 radical (unpaired) electrons. The lowest BCUT2D eigenvalue weighted by Gasteiger charge is -2.34. The average molecular weight is 697 g/mol. The molecule has 4 rings (SSSR count). The van der Waals surface area contributed by atoms with Gasteiger partial charge in [-0.25, -0.2) is 8.42 Å². The number of sulfonamides is 1. The molecule has 0 aromatic heterocycles. The summed E-state index contributed by atoms with van der Waals surface area (Å²) in [5.74, 6) is -0.828. The lowest BCUT2D eigenvalue weighted by Crippen LogP contribution is -2.53. The van der Waals surface area contributed by atoms with E-state index in [4.69, 9.17) is 11.6 Å². The van der Waals surface area contributed by atoms with Crippen LogP contribution in [0.2, 0.25) is 5.02 Å². The summed E-state index contributed by atoms with van der Waals surface area (Å²) in [5.41, 5.74) is 2.57. The second-order valence-corrected chi connectivity index (χ2v) is 13.6. The predicted octanol–water partition coefficient (Wildman–Crippen LogP) is 6.77. The van der Waals surface area contributed by atoms with Crippen molar-refractivity contribution in [3.63, 3.8) is 0 Å². The molecule has 0 aliphatic rings. The Morgan fingerprint density at radius 1 is 0.886 bits per heavy atom. The Morgan fingerprint density at radius 3 is 2.18 bits per heavy atom. The van der Waals surface area contributed by atoms with Gasteiger partial charge in [-0.1, -0.05) is 95.1 Å². The minimum Gasteiger partial charge on any atom is -0.354 e. The number of halogens is 2. The SMILES string of the molecule is CCCNC(=O)[C@@H](Cc1ccccc1)N(Cc1cccc(Br)c1)C(=O)CN(c1ccc(Cl)cc1C)S(=O)(=O)c1ccccc1.